The summed E-state index contributed by atoms with van der Waals surface area (Å²) in [6.45, 7) is 1.65. The average Bonchev–Trinajstić information content (AvgIpc) is 2.70. The van der Waals surface area contributed by atoms with Crippen LogP contribution in [-0.2, 0) is 14.3 Å². The van der Waals surface area contributed by atoms with Crippen LogP contribution < -0.4 is 0 Å². The number of alkyl halides is 1. The predicted molar refractivity (Wildman–Crippen MR) is 102 cm³/mol. The molecule has 0 amide bonds. The molecule has 0 aliphatic carbocycles. The molecule has 6 nitrogen and oxygen atoms in total. The zero-order valence-corrected chi connectivity index (χ0v) is 16.1. The Balaban J connectivity index is 2.11. The van der Waals surface area contributed by atoms with E-state index in [9.17, 15) is 19.5 Å². The summed E-state index contributed by atoms with van der Waals surface area (Å²) in [4.78, 5) is 35.3. The van der Waals surface area contributed by atoms with Crippen molar-refractivity contribution in [1.82, 2.24) is 0 Å². The van der Waals surface area contributed by atoms with Crippen LogP contribution in [0.3, 0.4) is 0 Å². The molecule has 0 spiro atoms. The van der Waals surface area contributed by atoms with E-state index in [1.807, 2.05) is 0 Å². The quantitative estimate of drug-likeness (QED) is 0.390. The lowest BCUT2D eigenvalue weighted by molar-refractivity contribution is -0.127. The van der Waals surface area contributed by atoms with E-state index in [-0.39, 0.29) is 5.56 Å². The van der Waals surface area contributed by atoms with Crippen LogP contribution in [-0.4, -0.2) is 46.5 Å². The first-order chi connectivity index (χ1) is 12.9. The molecule has 0 unspecified atom stereocenters. The summed E-state index contributed by atoms with van der Waals surface area (Å²) in [5.74, 6) is -1.42. The van der Waals surface area contributed by atoms with Crippen LogP contribution >= 0.6 is 15.9 Å². The van der Waals surface area contributed by atoms with E-state index in [1.165, 1.54) is 12.1 Å². The van der Waals surface area contributed by atoms with Crippen LogP contribution in [0, 0.1) is 0 Å². The van der Waals surface area contributed by atoms with Crippen molar-refractivity contribution in [2.75, 3.05) is 0 Å². The van der Waals surface area contributed by atoms with Gasteiger partial charge in [0, 0.05) is 0 Å². The van der Waals surface area contributed by atoms with E-state index in [1.54, 1.807) is 55.5 Å². The van der Waals surface area contributed by atoms with E-state index in [0.717, 1.165) is 0 Å². The lowest BCUT2D eigenvalue weighted by Gasteiger charge is -2.28. The van der Waals surface area contributed by atoms with Gasteiger partial charge in [-0.05, 0) is 31.2 Å². The standard InChI is InChI=1S/C20H19BrO6/c1-13(21)18(27-20(25)15-10-6-3-7-11-15)17(23)16(12-22)26-19(24)14-8-4-2-5-9-14/h2-13,16-18,23H,1H3/t13-,16-,17+,18-/m1/s1. The van der Waals surface area contributed by atoms with Gasteiger partial charge in [-0.15, -0.1) is 0 Å². The summed E-state index contributed by atoms with van der Waals surface area (Å²) in [6.07, 6.45) is -3.84. The van der Waals surface area contributed by atoms with Gasteiger partial charge >= 0.3 is 11.9 Å². The predicted octanol–water partition coefficient (Wildman–Crippen LogP) is 2.78. The number of ether oxygens (including phenoxy) is 2. The monoisotopic (exact) mass is 434 g/mol. The second kappa shape index (κ2) is 9.99. The van der Waals surface area contributed by atoms with E-state index in [0.29, 0.717) is 11.8 Å². The van der Waals surface area contributed by atoms with Crippen molar-refractivity contribution >= 4 is 34.2 Å². The first-order valence-corrected chi connectivity index (χ1v) is 9.15. The molecule has 0 aliphatic heterocycles. The summed E-state index contributed by atoms with van der Waals surface area (Å²) >= 11 is 3.26. The summed E-state index contributed by atoms with van der Waals surface area (Å²) in [6, 6.07) is 16.3. The van der Waals surface area contributed by atoms with Gasteiger partial charge in [0.05, 0.1) is 16.0 Å². The molecule has 142 valence electrons. The number of benzene rings is 2. The molecule has 0 bridgehead atoms. The lowest BCUT2D eigenvalue weighted by Crippen LogP contribution is -2.47. The molecule has 0 aromatic heterocycles. The zero-order chi connectivity index (χ0) is 19.8. The third-order valence-electron chi connectivity index (χ3n) is 3.77. The highest BCUT2D eigenvalue weighted by Crippen LogP contribution is 2.19. The second-order valence-corrected chi connectivity index (χ2v) is 7.22. The van der Waals surface area contributed by atoms with Crippen molar-refractivity contribution in [3.8, 4) is 0 Å². The molecule has 2 rings (SSSR count). The Morgan fingerprint density at radius 2 is 1.37 bits per heavy atom. The van der Waals surface area contributed by atoms with Crippen LogP contribution in [0.5, 0.6) is 0 Å². The Morgan fingerprint density at radius 1 is 0.926 bits per heavy atom. The summed E-state index contributed by atoms with van der Waals surface area (Å²) in [5, 5.41) is 10.5. The topological polar surface area (TPSA) is 89.9 Å². The summed E-state index contributed by atoms with van der Waals surface area (Å²) in [7, 11) is 0. The van der Waals surface area contributed by atoms with Crippen molar-refractivity contribution in [1.29, 1.82) is 0 Å². The fourth-order valence-electron chi connectivity index (χ4n) is 2.33. The zero-order valence-electron chi connectivity index (χ0n) is 14.5. The van der Waals surface area contributed by atoms with Crippen molar-refractivity contribution in [3.05, 3.63) is 71.8 Å². The van der Waals surface area contributed by atoms with E-state index in [2.05, 4.69) is 15.9 Å². The largest absolute Gasteiger partial charge is 0.455 e. The molecule has 0 heterocycles. The highest BCUT2D eigenvalue weighted by molar-refractivity contribution is 9.09. The molecule has 1 N–H and O–H groups in total. The maximum absolute atomic E-state index is 12.3. The SMILES string of the molecule is C[C@@H](Br)[C@@H](OC(=O)c1ccccc1)[C@@H](O)[C@@H](C=O)OC(=O)c1ccccc1. The number of carbonyl (C=O) groups is 3. The maximum atomic E-state index is 12.3. The molecule has 27 heavy (non-hydrogen) atoms. The van der Waals surface area contributed by atoms with E-state index < -0.39 is 35.1 Å². The molecule has 0 radical (unpaired) electrons. The highest BCUT2D eigenvalue weighted by atomic mass is 79.9. The molecular weight excluding hydrogens is 416 g/mol. The smallest absolute Gasteiger partial charge is 0.338 e. The number of aliphatic hydroxyl groups is 1. The fourth-order valence-corrected chi connectivity index (χ4v) is 2.75. The lowest BCUT2D eigenvalue weighted by atomic mass is 10.1. The molecule has 0 saturated heterocycles. The first-order valence-electron chi connectivity index (χ1n) is 8.23. The minimum absolute atomic E-state index is 0.237. The normalized spacial score (nSPS) is 15.1. The van der Waals surface area contributed by atoms with E-state index >= 15 is 0 Å². The Morgan fingerprint density at radius 3 is 1.78 bits per heavy atom. The molecule has 2 aromatic rings. The number of rotatable bonds is 8. The van der Waals surface area contributed by atoms with Gasteiger partial charge in [-0.25, -0.2) is 9.59 Å². The Kier molecular flexibility index (Phi) is 7.69. The molecular formula is C20H19BrO6. The number of esters is 2. The first kappa shape index (κ1) is 20.8. The Labute approximate surface area is 165 Å². The van der Waals surface area contributed by atoms with Crippen LogP contribution in [0.2, 0.25) is 0 Å². The molecule has 0 saturated carbocycles. The van der Waals surface area contributed by atoms with Crippen molar-refractivity contribution in [2.24, 2.45) is 0 Å². The van der Waals surface area contributed by atoms with E-state index in [4.69, 9.17) is 9.47 Å². The number of hydrogen-bond donors (Lipinski definition) is 1. The van der Waals surface area contributed by atoms with Crippen molar-refractivity contribution in [2.45, 2.75) is 30.1 Å². The van der Waals surface area contributed by atoms with Gasteiger partial charge in [-0.1, -0.05) is 52.3 Å². The van der Waals surface area contributed by atoms with Crippen molar-refractivity contribution in [3.63, 3.8) is 0 Å². The number of hydrogen-bond acceptors (Lipinski definition) is 6. The van der Waals surface area contributed by atoms with Gasteiger partial charge in [0.2, 0.25) is 0 Å². The van der Waals surface area contributed by atoms with Gasteiger partial charge < -0.3 is 14.6 Å². The molecule has 4 atom stereocenters. The maximum Gasteiger partial charge on any atom is 0.338 e. The van der Waals surface area contributed by atoms with Crippen LogP contribution in [0.25, 0.3) is 0 Å². The highest BCUT2D eigenvalue weighted by Gasteiger charge is 2.36. The number of carbonyl (C=O) groups excluding carboxylic acids is 3. The molecule has 0 fully saturated rings. The minimum atomic E-state index is -1.54. The number of aldehydes is 1. The Hall–Kier alpha value is -2.51. The third kappa shape index (κ3) is 5.74. The minimum Gasteiger partial charge on any atom is -0.455 e. The van der Waals surface area contributed by atoms with Gasteiger partial charge in [-0.3, -0.25) is 4.79 Å². The molecule has 0 aliphatic rings. The van der Waals surface area contributed by atoms with Crippen LogP contribution in [0.1, 0.15) is 27.6 Å². The van der Waals surface area contributed by atoms with Gasteiger partial charge in [0.1, 0.15) is 12.2 Å². The summed E-state index contributed by atoms with van der Waals surface area (Å²) in [5.41, 5.74) is 0.535. The van der Waals surface area contributed by atoms with Gasteiger partial charge in [0.15, 0.2) is 12.4 Å². The third-order valence-corrected chi connectivity index (χ3v) is 4.29. The number of aliphatic hydroxyl groups excluding tert-OH is 1. The van der Waals surface area contributed by atoms with Gasteiger partial charge in [-0.2, -0.15) is 0 Å². The fraction of sp³-hybridized carbons (Fsp3) is 0.250. The van der Waals surface area contributed by atoms with Crippen LogP contribution in [0.4, 0.5) is 0 Å². The van der Waals surface area contributed by atoms with Crippen LogP contribution in [0.15, 0.2) is 60.7 Å². The number of halogens is 1. The molecule has 7 heteroatoms. The average molecular weight is 435 g/mol. The second-order valence-electron chi connectivity index (χ2n) is 5.78. The molecule has 2 aromatic carbocycles. The van der Waals surface area contributed by atoms with Crippen molar-refractivity contribution < 1.29 is 29.0 Å². The summed E-state index contributed by atoms with van der Waals surface area (Å²) < 4.78 is 10.4. The van der Waals surface area contributed by atoms with Gasteiger partial charge in [0.25, 0.3) is 0 Å². The Bertz CT molecular complexity index is 763.